The summed E-state index contributed by atoms with van der Waals surface area (Å²) in [4.78, 5) is 0. The molecule has 2 aromatic rings. The molecule has 3 rings (SSSR count). The van der Waals surface area contributed by atoms with Gasteiger partial charge in [-0.25, -0.2) is 0 Å². The molecule has 1 aromatic carbocycles. The Balaban J connectivity index is 1.66. The Kier molecular flexibility index (Phi) is 3.85. The molecule has 1 saturated heterocycles. The maximum absolute atomic E-state index is 9.22. The van der Waals surface area contributed by atoms with E-state index in [1.165, 1.54) is 23.7 Å². The van der Waals surface area contributed by atoms with Crippen molar-refractivity contribution in [1.29, 1.82) is 0 Å². The highest BCUT2D eigenvalue weighted by Crippen LogP contribution is 2.20. The maximum atomic E-state index is 9.22. The number of aryl methyl sites for hydroxylation is 1. The zero-order valence-corrected chi connectivity index (χ0v) is 11.2. The normalized spacial score (nSPS) is 19.3. The molecule has 0 radical (unpaired) electrons. The van der Waals surface area contributed by atoms with Crippen LogP contribution in [0.3, 0.4) is 0 Å². The fourth-order valence-corrected chi connectivity index (χ4v) is 2.88. The molecule has 102 valence electrons. The summed E-state index contributed by atoms with van der Waals surface area (Å²) in [5, 5.41) is 10.5. The van der Waals surface area contributed by atoms with Crippen LogP contribution in [0.2, 0.25) is 0 Å². The second kappa shape index (κ2) is 5.76. The first kappa shape index (κ1) is 12.7. The first-order valence-electron chi connectivity index (χ1n) is 7.17. The molecular formula is C16H21NO2. The van der Waals surface area contributed by atoms with Crippen LogP contribution < -0.4 is 0 Å². The van der Waals surface area contributed by atoms with E-state index < -0.39 is 0 Å². The van der Waals surface area contributed by atoms with Gasteiger partial charge in [0.05, 0.1) is 12.7 Å². The molecule has 0 aliphatic carbocycles. The van der Waals surface area contributed by atoms with E-state index in [1.807, 2.05) is 6.07 Å². The predicted octanol–water partition coefficient (Wildman–Crippen LogP) is 3.09. The molecule has 1 aliphatic heterocycles. The van der Waals surface area contributed by atoms with Crippen molar-refractivity contribution < 1.29 is 9.84 Å². The van der Waals surface area contributed by atoms with Crippen molar-refractivity contribution in [3.63, 3.8) is 0 Å². The number of aliphatic hydroxyl groups excluding tert-OH is 1. The molecule has 1 N–H and O–H groups in total. The Bertz CT molecular complexity index is 541. The van der Waals surface area contributed by atoms with Gasteiger partial charge in [0.15, 0.2) is 0 Å². The van der Waals surface area contributed by atoms with E-state index in [1.54, 1.807) is 0 Å². The summed E-state index contributed by atoms with van der Waals surface area (Å²) in [6.07, 6.45) is 7.37. The van der Waals surface area contributed by atoms with E-state index in [-0.39, 0.29) is 6.61 Å². The highest BCUT2D eigenvalue weighted by Gasteiger charge is 2.14. The van der Waals surface area contributed by atoms with Crippen LogP contribution >= 0.6 is 0 Å². The number of ether oxygens (including phenoxy) is 1. The molecular weight excluding hydrogens is 238 g/mol. The van der Waals surface area contributed by atoms with Crippen molar-refractivity contribution >= 4 is 10.9 Å². The number of hydrogen-bond donors (Lipinski definition) is 1. The summed E-state index contributed by atoms with van der Waals surface area (Å²) < 4.78 is 7.94. The zero-order chi connectivity index (χ0) is 13.1. The summed E-state index contributed by atoms with van der Waals surface area (Å²) >= 11 is 0. The second-order valence-electron chi connectivity index (χ2n) is 5.34. The van der Waals surface area contributed by atoms with Crippen LogP contribution in [0.1, 0.15) is 31.2 Å². The van der Waals surface area contributed by atoms with Crippen molar-refractivity contribution in [1.82, 2.24) is 4.57 Å². The standard InChI is InChI=1S/C16H21NO2/c18-12-13-5-6-14-7-9-17(16(14)11-13)8-1-3-15-4-2-10-19-15/h5-7,9,11,15,18H,1-4,8,10,12H2. The first-order chi connectivity index (χ1) is 9.36. The molecule has 3 nitrogen and oxygen atoms in total. The lowest BCUT2D eigenvalue weighted by Gasteiger charge is -2.10. The van der Waals surface area contributed by atoms with Gasteiger partial charge in [-0.3, -0.25) is 0 Å². The molecule has 2 heterocycles. The van der Waals surface area contributed by atoms with E-state index >= 15 is 0 Å². The molecule has 0 amide bonds. The third-order valence-corrected chi connectivity index (χ3v) is 3.97. The molecule has 19 heavy (non-hydrogen) atoms. The van der Waals surface area contributed by atoms with Crippen molar-refractivity contribution in [2.45, 2.75) is 44.9 Å². The SMILES string of the molecule is OCc1ccc2ccn(CCCC3CCCO3)c2c1. The first-order valence-corrected chi connectivity index (χ1v) is 7.17. The monoisotopic (exact) mass is 259 g/mol. The number of aromatic nitrogens is 1. The smallest absolute Gasteiger partial charge is 0.0682 e. The number of fused-ring (bicyclic) bond motifs is 1. The molecule has 1 fully saturated rings. The summed E-state index contributed by atoms with van der Waals surface area (Å²) in [5.41, 5.74) is 2.20. The molecule has 0 bridgehead atoms. The Hall–Kier alpha value is -1.32. The van der Waals surface area contributed by atoms with Crippen LogP contribution in [0.25, 0.3) is 10.9 Å². The van der Waals surface area contributed by atoms with E-state index in [4.69, 9.17) is 4.74 Å². The van der Waals surface area contributed by atoms with Crippen LogP contribution in [-0.4, -0.2) is 22.4 Å². The van der Waals surface area contributed by atoms with Gasteiger partial charge in [-0.1, -0.05) is 12.1 Å². The second-order valence-corrected chi connectivity index (χ2v) is 5.34. The van der Waals surface area contributed by atoms with Gasteiger partial charge < -0.3 is 14.4 Å². The topological polar surface area (TPSA) is 34.4 Å². The Morgan fingerprint density at radius 1 is 1.32 bits per heavy atom. The Morgan fingerprint density at radius 2 is 2.26 bits per heavy atom. The Morgan fingerprint density at radius 3 is 3.05 bits per heavy atom. The molecule has 3 heteroatoms. The van der Waals surface area contributed by atoms with E-state index in [2.05, 4.69) is 29.0 Å². The van der Waals surface area contributed by atoms with Crippen LogP contribution in [0, 0.1) is 0 Å². The number of benzene rings is 1. The fourth-order valence-electron chi connectivity index (χ4n) is 2.88. The minimum Gasteiger partial charge on any atom is -0.392 e. The number of aliphatic hydroxyl groups is 1. The maximum Gasteiger partial charge on any atom is 0.0682 e. The molecule has 1 aliphatic rings. The van der Waals surface area contributed by atoms with Gasteiger partial charge in [0.25, 0.3) is 0 Å². The van der Waals surface area contributed by atoms with E-state index in [9.17, 15) is 5.11 Å². The summed E-state index contributed by atoms with van der Waals surface area (Å²) in [6.45, 7) is 2.08. The van der Waals surface area contributed by atoms with Crippen molar-refractivity contribution in [2.75, 3.05) is 6.61 Å². The quantitative estimate of drug-likeness (QED) is 0.895. The van der Waals surface area contributed by atoms with Gasteiger partial charge in [-0.05, 0) is 48.8 Å². The lowest BCUT2D eigenvalue weighted by Crippen LogP contribution is -2.06. The van der Waals surface area contributed by atoms with Crippen LogP contribution in [0.4, 0.5) is 0 Å². The minimum atomic E-state index is 0.108. The minimum absolute atomic E-state index is 0.108. The van der Waals surface area contributed by atoms with Crippen molar-refractivity contribution in [3.8, 4) is 0 Å². The van der Waals surface area contributed by atoms with E-state index in [0.717, 1.165) is 31.6 Å². The van der Waals surface area contributed by atoms with E-state index in [0.29, 0.717) is 6.10 Å². The van der Waals surface area contributed by atoms with Gasteiger partial charge in [-0.2, -0.15) is 0 Å². The van der Waals surface area contributed by atoms with Gasteiger partial charge in [0.2, 0.25) is 0 Å². The molecule has 0 spiro atoms. The predicted molar refractivity (Wildman–Crippen MR) is 76.1 cm³/mol. The van der Waals surface area contributed by atoms with Crippen molar-refractivity contribution in [2.24, 2.45) is 0 Å². The number of nitrogens with zero attached hydrogens (tertiary/aromatic N) is 1. The zero-order valence-electron chi connectivity index (χ0n) is 11.2. The van der Waals surface area contributed by atoms with Crippen LogP contribution in [0.5, 0.6) is 0 Å². The highest BCUT2D eigenvalue weighted by molar-refractivity contribution is 5.80. The highest BCUT2D eigenvalue weighted by atomic mass is 16.5. The average Bonchev–Trinajstić information content (AvgIpc) is 3.08. The summed E-state index contributed by atoms with van der Waals surface area (Å²) in [6, 6.07) is 8.29. The summed E-state index contributed by atoms with van der Waals surface area (Å²) in [5.74, 6) is 0. The van der Waals surface area contributed by atoms with Gasteiger partial charge in [0.1, 0.15) is 0 Å². The van der Waals surface area contributed by atoms with Gasteiger partial charge >= 0.3 is 0 Å². The molecule has 1 unspecified atom stereocenters. The lowest BCUT2D eigenvalue weighted by molar-refractivity contribution is 0.101. The summed E-state index contributed by atoms with van der Waals surface area (Å²) in [7, 11) is 0. The van der Waals surface area contributed by atoms with Crippen LogP contribution in [0.15, 0.2) is 30.5 Å². The van der Waals surface area contributed by atoms with Crippen LogP contribution in [-0.2, 0) is 17.9 Å². The van der Waals surface area contributed by atoms with Crippen molar-refractivity contribution in [3.05, 3.63) is 36.0 Å². The fraction of sp³-hybridized carbons (Fsp3) is 0.500. The average molecular weight is 259 g/mol. The number of hydrogen-bond acceptors (Lipinski definition) is 2. The third kappa shape index (κ3) is 2.82. The van der Waals surface area contributed by atoms with Gasteiger partial charge in [-0.15, -0.1) is 0 Å². The molecule has 1 atom stereocenters. The molecule has 0 saturated carbocycles. The third-order valence-electron chi connectivity index (χ3n) is 3.97. The molecule has 1 aromatic heterocycles. The number of rotatable bonds is 5. The lowest BCUT2D eigenvalue weighted by atomic mass is 10.1. The Labute approximate surface area is 113 Å². The largest absolute Gasteiger partial charge is 0.392 e. The van der Waals surface area contributed by atoms with Gasteiger partial charge in [0, 0.05) is 24.9 Å².